The van der Waals surface area contributed by atoms with Crippen molar-refractivity contribution in [2.24, 2.45) is 0 Å². The van der Waals surface area contributed by atoms with Crippen LogP contribution in [0.4, 0.5) is 0 Å². The lowest BCUT2D eigenvalue weighted by Crippen LogP contribution is -2.42. The average molecular weight is 269 g/mol. The lowest BCUT2D eigenvalue weighted by Gasteiger charge is -2.16. The number of aryl methyl sites for hydroxylation is 1. The van der Waals surface area contributed by atoms with E-state index in [1.807, 2.05) is 6.92 Å². The normalized spacial score (nSPS) is 24.1. The second kappa shape index (κ2) is 4.70. The van der Waals surface area contributed by atoms with Gasteiger partial charge in [0.1, 0.15) is 6.04 Å². The summed E-state index contributed by atoms with van der Waals surface area (Å²) in [6.45, 7) is 2.28. The number of hydrogen-bond donors (Lipinski definition) is 2. The number of carboxylic acid groups (broad SMARTS) is 1. The van der Waals surface area contributed by atoms with E-state index in [1.165, 1.54) is 12.1 Å². The Morgan fingerprint density at radius 1 is 1.33 bits per heavy atom. The first-order chi connectivity index (χ1) is 8.43. The van der Waals surface area contributed by atoms with Crippen molar-refractivity contribution >= 4 is 15.8 Å². The van der Waals surface area contributed by atoms with Crippen molar-refractivity contribution in [2.75, 3.05) is 6.54 Å². The Morgan fingerprint density at radius 3 is 2.50 bits per heavy atom. The number of benzene rings is 1. The van der Waals surface area contributed by atoms with Crippen molar-refractivity contribution in [1.82, 2.24) is 5.32 Å². The Balaban J connectivity index is 2.36. The molecular formula is C12H15NO4S. The summed E-state index contributed by atoms with van der Waals surface area (Å²) in [5.41, 5.74) is 0.966. The molecule has 2 rings (SSSR count). The molecule has 5 nitrogen and oxygen atoms in total. The zero-order valence-electron chi connectivity index (χ0n) is 9.96. The van der Waals surface area contributed by atoms with E-state index in [1.54, 1.807) is 12.1 Å². The standard InChI is InChI=1S/C12H15NO4S/c1-8-2-4-9(5-3-8)18(16,17)10-6-7-13-11(10)12(14)15/h2-5,10-11,13H,6-7H2,1H3,(H,14,15)/t10?,11-/m0/s1. The topological polar surface area (TPSA) is 83.5 Å². The second-order valence-electron chi connectivity index (χ2n) is 4.46. The van der Waals surface area contributed by atoms with E-state index >= 15 is 0 Å². The quantitative estimate of drug-likeness (QED) is 0.839. The minimum atomic E-state index is -3.59. The molecule has 18 heavy (non-hydrogen) atoms. The molecule has 0 aliphatic carbocycles. The van der Waals surface area contributed by atoms with Crippen LogP contribution < -0.4 is 5.32 Å². The van der Waals surface area contributed by atoms with Gasteiger partial charge in [-0.1, -0.05) is 17.7 Å². The summed E-state index contributed by atoms with van der Waals surface area (Å²) in [6.07, 6.45) is 0.327. The maximum absolute atomic E-state index is 12.4. The van der Waals surface area contributed by atoms with Crippen LogP contribution in [0, 0.1) is 6.92 Å². The maximum Gasteiger partial charge on any atom is 0.322 e. The van der Waals surface area contributed by atoms with E-state index in [-0.39, 0.29) is 4.90 Å². The summed E-state index contributed by atoms with van der Waals surface area (Å²) in [5.74, 6) is -1.12. The Hall–Kier alpha value is -1.40. The largest absolute Gasteiger partial charge is 0.480 e. The monoisotopic (exact) mass is 269 g/mol. The second-order valence-corrected chi connectivity index (χ2v) is 6.62. The molecule has 1 heterocycles. The summed E-state index contributed by atoms with van der Waals surface area (Å²) in [7, 11) is -3.59. The van der Waals surface area contributed by atoms with Crippen molar-refractivity contribution in [3.8, 4) is 0 Å². The summed E-state index contributed by atoms with van der Waals surface area (Å²) in [5, 5.41) is 10.8. The average Bonchev–Trinajstić information content (AvgIpc) is 2.79. The molecule has 1 aliphatic rings. The van der Waals surface area contributed by atoms with Crippen LogP contribution in [0.5, 0.6) is 0 Å². The molecule has 1 aromatic carbocycles. The van der Waals surface area contributed by atoms with Gasteiger partial charge in [0.25, 0.3) is 0 Å². The van der Waals surface area contributed by atoms with Crippen LogP contribution in [-0.4, -0.2) is 37.3 Å². The molecule has 0 spiro atoms. The zero-order chi connectivity index (χ0) is 13.3. The molecule has 1 unspecified atom stereocenters. The van der Waals surface area contributed by atoms with E-state index < -0.39 is 27.1 Å². The van der Waals surface area contributed by atoms with Gasteiger partial charge in [-0.25, -0.2) is 8.42 Å². The van der Waals surface area contributed by atoms with Gasteiger partial charge in [-0.3, -0.25) is 4.79 Å². The molecule has 1 aliphatic heterocycles. The predicted octanol–water partition coefficient (Wildman–Crippen LogP) is 0.584. The number of nitrogens with one attached hydrogen (secondary N) is 1. The van der Waals surface area contributed by atoms with E-state index in [4.69, 9.17) is 5.11 Å². The van der Waals surface area contributed by atoms with Crippen molar-refractivity contribution in [2.45, 2.75) is 29.5 Å². The van der Waals surface area contributed by atoms with Crippen LogP contribution in [0.1, 0.15) is 12.0 Å². The number of sulfone groups is 1. The molecule has 2 atom stereocenters. The Kier molecular flexibility index (Phi) is 3.41. The summed E-state index contributed by atoms with van der Waals surface area (Å²) < 4.78 is 24.7. The summed E-state index contributed by atoms with van der Waals surface area (Å²) in [4.78, 5) is 11.2. The van der Waals surface area contributed by atoms with Crippen LogP contribution in [0.2, 0.25) is 0 Å². The fourth-order valence-corrected chi connectivity index (χ4v) is 4.03. The highest BCUT2D eigenvalue weighted by Crippen LogP contribution is 2.24. The molecule has 0 radical (unpaired) electrons. The van der Waals surface area contributed by atoms with Gasteiger partial charge in [-0.05, 0) is 32.0 Å². The van der Waals surface area contributed by atoms with Crippen molar-refractivity contribution < 1.29 is 18.3 Å². The first kappa shape index (κ1) is 13.0. The molecule has 6 heteroatoms. The van der Waals surface area contributed by atoms with Gasteiger partial charge in [-0.2, -0.15) is 0 Å². The SMILES string of the molecule is Cc1ccc(S(=O)(=O)C2CCN[C@@H]2C(=O)O)cc1. The number of hydrogen-bond acceptors (Lipinski definition) is 4. The molecule has 0 amide bonds. The van der Waals surface area contributed by atoms with Gasteiger partial charge < -0.3 is 10.4 Å². The Bertz CT molecular complexity index is 550. The third-order valence-electron chi connectivity index (χ3n) is 3.18. The van der Waals surface area contributed by atoms with E-state index in [0.29, 0.717) is 13.0 Å². The predicted molar refractivity (Wildman–Crippen MR) is 66.2 cm³/mol. The number of carboxylic acids is 1. The van der Waals surface area contributed by atoms with Crippen molar-refractivity contribution in [3.63, 3.8) is 0 Å². The zero-order valence-corrected chi connectivity index (χ0v) is 10.8. The van der Waals surface area contributed by atoms with Crippen molar-refractivity contribution in [1.29, 1.82) is 0 Å². The highest BCUT2D eigenvalue weighted by atomic mass is 32.2. The van der Waals surface area contributed by atoms with Crippen LogP contribution >= 0.6 is 0 Å². The Morgan fingerprint density at radius 2 is 1.94 bits per heavy atom. The fraction of sp³-hybridized carbons (Fsp3) is 0.417. The molecule has 1 aromatic rings. The molecule has 1 fully saturated rings. The van der Waals surface area contributed by atoms with Gasteiger partial charge in [0.2, 0.25) is 0 Å². The smallest absolute Gasteiger partial charge is 0.322 e. The molecule has 1 saturated heterocycles. The van der Waals surface area contributed by atoms with Gasteiger partial charge in [0, 0.05) is 0 Å². The molecule has 2 N–H and O–H groups in total. The maximum atomic E-state index is 12.4. The van der Waals surface area contributed by atoms with Gasteiger partial charge in [0.15, 0.2) is 9.84 Å². The molecule has 0 aromatic heterocycles. The number of aliphatic carboxylic acids is 1. The van der Waals surface area contributed by atoms with Gasteiger partial charge in [-0.15, -0.1) is 0 Å². The first-order valence-corrected chi connectivity index (χ1v) is 7.24. The minimum absolute atomic E-state index is 0.188. The van der Waals surface area contributed by atoms with E-state index in [0.717, 1.165) is 5.56 Å². The molecular weight excluding hydrogens is 254 g/mol. The van der Waals surface area contributed by atoms with Gasteiger partial charge >= 0.3 is 5.97 Å². The highest BCUT2D eigenvalue weighted by molar-refractivity contribution is 7.92. The van der Waals surface area contributed by atoms with E-state index in [2.05, 4.69) is 5.32 Å². The Labute approximate surface area is 106 Å². The lowest BCUT2D eigenvalue weighted by atomic mass is 10.2. The highest BCUT2D eigenvalue weighted by Gasteiger charge is 2.42. The third-order valence-corrected chi connectivity index (χ3v) is 5.41. The van der Waals surface area contributed by atoms with E-state index in [9.17, 15) is 13.2 Å². The molecule has 0 saturated carbocycles. The number of carbonyl (C=O) groups is 1. The first-order valence-electron chi connectivity index (χ1n) is 5.69. The van der Waals surface area contributed by atoms with Gasteiger partial charge in [0.05, 0.1) is 10.1 Å². The third kappa shape index (κ3) is 2.26. The fourth-order valence-electron chi connectivity index (χ4n) is 2.16. The lowest BCUT2D eigenvalue weighted by molar-refractivity contribution is -0.138. The molecule has 0 bridgehead atoms. The summed E-state index contributed by atoms with van der Waals surface area (Å²) in [6, 6.07) is 5.47. The van der Waals surface area contributed by atoms with Crippen LogP contribution in [0.15, 0.2) is 29.2 Å². The summed E-state index contributed by atoms with van der Waals surface area (Å²) >= 11 is 0. The minimum Gasteiger partial charge on any atom is -0.480 e. The van der Waals surface area contributed by atoms with Crippen LogP contribution in [0.25, 0.3) is 0 Å². The van der Waals surface area contributed by atoms with Crippen LogP contribution in [-0.2, 0) is 14.6 Å². The van der Waals surface area contributed by atoms with Crippen LogP contribution in [0.3, 0.4) is 0 Å². The number of rotatable bonds is 3. The molecule has 98 valence electrons. The van der Waals surface area contributed by atoms with Crippen molar-refractivity contribution in [3.05, 3.63) is 29.8 Å².